The van der Waals surface area contributed by atoms with E-state index in [9.17, 15) is 0 Å². The van der Waals surface area contributed by atoms with Crippen LogP contribution in [0, 0.1) is 5.92 Å². The van der Waals surface area contributed by atoms with Gasteiger partial charge in [0.25, 0.3) is 0 Å². The lowest BCUT2D eigenvalue weighted by Crippen LogP contribution is -2.00. The number of allylic oxidation sites excluding steroid dienone is 1. The molecule has 0 aromatic rings. The van der Waals surface area contributed by atoms with Crippen molar-refractivity contribution in [2.24, 2.45) is 11.7 Å². The number of hydrogen-bond acceptors (Lipinski definition) is 1. The summed E-state index contributed by atoms with van der Waals surface area (Å²) in [5.74, 6) is 0.638. The van der Waals surface area contributed by atoms with Crippen molar-refractivity contribution in [1.29, 1.82) is 0 Å². The summed E-state index contributed by atoms with van der Waals surface area (Å²) >= 11 is 0. The zero-order valence-electron chi connectivity index (χ0n) is 5.56. The maximum absolute atomic E-state index is 5.30. The lowest BCUT2D eigenvalue weighted by Gasteiger charge is -2.00. The fraction of sp³-hybridized carbons (Fsp3) is 0.714. The molecule has 0 rings (SSSR count). The van der Waals surface area contributed by atoms with Crippen LogP contribution in [0.1, 0.15) is 19.8 Å². The Bertz CT molecular complexity index is 59.4. The van der Waals surface area contributed by atoms with Gasteiger partial charge in [0, 0.05) is 0 Å². The van der Waals surface area contributed by atoms with Gasteiger partial charge in [0.15, 0.2) is 0 Å². The SMILES string of the molecule is C=C[C@@H](C)CCCN. The van der Waals surface area contributed by atoms with Gasteiger partial charge in [-0.05, 0) is 25.3 Å². The van der Waals surface area contributed by atoms with Crippen LogP contribution in [-0.2, 0) is 0 Å². The first-order valence-electron chi connectivity index (χ1n) is 3.14. The van der Waals surface area contributed by atoms with E-state index in [2.05, 4.69) is 13.5 Å². The Kier molecular flexibility index (Phi) is 4.67. The van der Waals surface area contributed by atoms with Gasteiger partial charge in [-0.1, -0.05) is 13.0 Å². The molecule has 0 fully saturated rings. The van der Waals surface area contributed by atoms with Crippen molar-refractivity contribution < 1.29 is 0 Å². The fourth-order valence-electron chi connectivity index (χ4n) is 0.558. The molecule has 0 bridgehead atoms. The van der Waals surface area contributed by atoms with Crippen LogP contribution >= 0.6 is 0 Å². The standard InChI is InChI=1S/C7H15N/c1-3-7(2)5-4-6-8/h3,7H,1,4-6,8H2,2H3/t7-/m1/s1. The van der Waals surface area contributed by atoms with Gasteiger partial charge >= 0.3 is 0 Å². The fourth-order valence-corrected chi connectivity index (χ4v) is 0.558. The molecule has 0 aromatic heterocycles. The second-order valence-electron chi connectivity index (χ2n) is 2.14. The van der Waals surface area contributed by atoms with E-state index in [4.69, 9.17) is 5.73 Å². The van der Waals surface area contributed by atoms with Crippen LogP contribution in [0.2, 0.25) is 0 Å². The Balaban J connectivity index is 2.98. The average Bonchev–Trinajstić information content (AvgIpc) is 1.83. The summed E-state index contributed by atoms with van der Waals surface area (Å²) < 4.78 is 0. The molecule has 0 aromatic carbocycles. The van der Waals surface area contributed by atoms with Gasteiger partial charge in [-0.2, -0.15) is 0 Å². The minimum atomic E-state index is 0.638. The first-order valence-corrected chi connectivity index (χ1v) is 3.14. The van der Waals surface area contributed by atoms with Crippen LogP contribution in [0.5, 0.6) is 0 Å². The quantitative estimate of drug-likeness (QED) is 0.550. The van der Waals surface area contributed by atoms with E-state index in [1.54, 1.807) is 0 Å². The van der Waals surface area contributed by atoms with Crippen molar-refractivity contribution in [1.82, 2.24) is 0 Å². The Labute approximate surface area is 51.6 Å². The van der Waals surface area contributed by atoms with Crippen LogP contribution in [0.15, 0.2) is 12.7 Å². The Morgan fingerprint density at radius 2 is 2.38 bits per heavy atom. The van der Waals surface area contributed by atoms with Crippen molar-refractivity contribution >= 4 is 0 Å². The molecule has 0 aliphatic heterocycles. The molecule has 0 radical (unpaired) electrons. The molecule has 0 heterocycles. The van der Waals surface area contributed by atoms with Gasteiger partial charge in [-0.3, -0.25) is 0 Å². The van der Waals surface area contributed by atoms with Crippen LogP contribution < -0.4 is 5.73 Å². The molecule has 1 atom stereocenters. The summed E-state index contributed by atoms with van der Waals surface area (Å²) in [4.78, 5) is 0. The number of nitrogens with two attached hydrogens (primary N) is 1. The summed E-state index contributed by atoms with van der Waals surface area (Å²) in [6, 6.07) is 0. The Hall–Kier alpha value is -0.300. The van der Waals surface area contributed by atoms with E-state index in [1.165, 1.54) is 6.42 Å². The minimum absolute atomic E-state index is 0.638. The van der Waals surface area contributed by atoms with Crippen LogP contribution in [-0.4, -0.2) is 6.54 Å². The van der Waals surface area contributed by atoms with E-state index < -0.39 is 0 Å². The topological polar surface area (TPSA) is 26.0 Å². The molecule has 48 valence electrons. The van der Waals surface area contributed by atoms with E-state index in [0.29, 0.717) is 5.92 Å². The maximum Gasteiger partial charge on any atom is -0.00771 e. The Morgan fingerprint density at radius 1 is 1.75 bits per heavy atom. The summed E-state index contributed by atoms with van der Waals surface area (Å²) in [5.41, 5.74) is 5.30. The van der Waals surface area contributed by atoms with E-state index in [1.807, 2.05) is 6.08 Å². The highest BCUT2D eigenvalue weighted by atomic mass is 14.5. The zero-order valence-corrected chi connectivity index (χ0v) is 5.56. The van der Waals surface area contributed by atoms with Gasteiger partial charge in [0.1, 0.15) is 0 Å². The normalized spacial score (nSPS) is 13.2. The highest BCUT2D eigenvalue weighted by molar-refractivity contribution is 4.74. The molecule has 8 heavy (non-hydrogen) atoms. The van der Waals surface area contributed by atoms with Crippen molar-refractivity contribution in [3.05, 3.63) is 12.7 Å². The molecule has 0 amide bonds. The van der Waals surface area contributed by atoms with Crippen molar-refractivity contribution in [3.63, 3.8) is 0 Å². The molecule has 0 unspecified atom stereocenters. The molecule has 0 aliphatic rings. The molecule has 1 nitrogen and oxygen atoms in total. The second kappa shape index (κ2) is 4.85. The first-order chi connectivity index (χ1) is 3.81. The number of rotatable bonds is 4. The average molecular weight is 113 g/mol. The van der Waals surface area contributed by atoms with E-state index >= 15 is 0 Å². The van der Waals surface area contributed by atoms with E-state index in [0.717, 1.165) is 13.0 Å². The Morgan fingerprint density at radius 3 is 2.75 bits per heavy atom. The van der Waals surface area contributed by atoms with Crippen molar-refractivity contribution in [3.8, 4) is 0 Å². The van der Waals surface area contributed by atoms with Gasteiger partial charge in [0.05, 0.1) is 0 Å². The molecule has 0 saturated carbocycles. The molecule has 0 aliphatic carbocycles. The number of hydrogen-bond donors (Lipinski definition) is 1. The summed E-state index contributed by atoms with van der Waals surface area (Å²) in [7, 11) is 0. The smallest absolute Gasteiger partial charge is 0.00771 e. The zero-order chi connectivity index (χ0) is 6.41. The van der Waals surface area contributed by atoms with Gasteiger partial charge in [-0.25, -0.2) is 0 Å². The summed E-state index contributed by atoms with van der Waals surface area (Å²) in [6.45, 7) is 6.63. The van der Waals surface area contributed by atoms with Gasteiger partial charge < -0.3 is 5.73 Å². The first kappa shape index (κ1) is 7.70. The highest BCUT2D eigenvalue weighted by Crippen LogP contribution is 2.03. The molecular weight excluding hydrogens is 98.1 g/mol. The monoisotopic (exact) mass is 113 g/mol. The molecule has 0 saturated heterocycles. The highest BCUT2D eigenvalue weighted by Gasteiger charge is 1.91. The molecule has 2 N–H and O–H groups in total. The minimum Gasteiger partial charge on any atom is -0.330 e. The summed E-state index contributed by atoms with van der Waals surface area (Å²) in [6.07, 6.45) is 4.27. The van der Waals surface area contributed by atoms with Crippen LogP contribution in [0.4, 0.5) is 0 Å². The van der Waals surface area contributed by atoms with E-state index in [-0.39, 0.29) is 0 Å². The largest absolute Gasteiger partial charge is 0.330 e. The van der Waals surface area contributed by atoms with Crippen molar-refractivity contribution in [2.45, 2.75) is 19.8 Å². The molecule has 1 heteroatoms. The van der Waals surface area contributed by atoms with Crippen molar-refractivity contribution in [2.75, 3.05) is 6.54 Å². The predicted octanol–water partition coefficient (Wildman–Crippen LogP) is 1.55. The van der Waals surface area contributed by atoms with Crippen LogP contribution in [0.3, 0.4) is 0 Å². The molecule has 0 spiro atoms. The molecular formula is C7H15N. The third-order valence-corrected chi connectivity index (χ3v) is 1.27. The van der Waals surface area contributed by atoms with Gasteiger partial charge in [0.2, 0.25) is 0 Å². The third kappa shape index (κ3) is 3.88. The predicted molar refractivity (Wildman–Crippen MR) is 37.6 cm³/mol. The van der Waals surface area contributed by atoms with Crippen LogP contribution in [0.25, 0.3) is 0 Å². The lowest BCUT2D eigenvalue weighted by atomic mass is 10.1. The summed E-state index contributed by atoms with van der Waals surface area (Å²) in [5, 5.41) is 0. The second-order valence-corrected chi connectivity index (χ2v) is 2.14. The third-order valence-electron chi connectivity index (χ3n) is 1.27. The van der Waals surface area contributed by atoms with Gasteiger partial charge in [-0.15, -0.1) is 6.58 Å². The lowest BCUT2D eigenvalue weighted by molar-refractivity contribution is 0.614. The maximum atomic E-state index is 5.30.